The van der Waals surface area contributed by atoms with Crippen LogP contribution in [0, 0.1) is 0 Å². The minimum Gasteiger partial charge on any atom is -0.508 e. The number of phenols is 1. The summed E-state index contributed by atoms with van der Waals surface area (Å²) in [5, 5.41) is 13.1. The molecule has 1 fully saturated rings. The second-order valence-electron chi connectivity index (χ2n) is 6.56. The van der Waals surface area contributed by atoms with Gasteiger partial charge in [-0.2, -0.15) is 0 Å². The number of rotatable bonds is 6. The van der Waals surface area contributed by atoms with Crippen LogP contribution in [0.4, 0.5) is 0 Å². The van der Waals surface area contributed by atoms with Crippen LogP contribution in [0.3, 0.4) is 0 Å². The molecule has 122 valence electrons. The molecule has 0 unspecified atom stereocenters. The highest BCUT2D eigenvalue weighted by molar-refractivity contribution is 5.28. The van der Waals surface area contributed by atoms with Gasteiger partial charge in [0.1, 0.15) is 5.75 Å². The SMILES string of the molecule is Oc1ccc([C@H]2CC[C@@H](NCCCc3cccnc3)CC2)cc1. The Balaban J connectivity index is 1.35. The first-order chi connectivity index (χ1) is 11.3. The van der Waals surface area contributed by atoms with Gasteiger partial charge in [-0.3, -0.25) is 4.98 Å². The number of aromatic nitrogens is 1. The fourth-order valence-electron chi connectivity index (χ4n) is 3.52. The van der Waals surface area contributed by atoms with Gasteiger partial charge in [-0.25, -0.2) is 0 Å². The minimum absolute atomic E-state index is 0.359. The lowest BCUT2D eigenvalue weighted by molar-refractivity contribution is 0.342. The molecule has 1 saturated carbocycles. The quantitative estimate of drug-likeness (QED) is 0.792. The van der Waals surface area contributed by atoms with Gasteiger partial charge in [0.05, 0.1) is 0 Å². The van der Waals surface area contributed by atoms with Gasteiger partial charge < -0.3 is 10.4 Å². The van der Waals surface area contributed by atoms with E-state index in [0.29, 0.717) is 17.7 Å². The van der Waals surface area contributed by atoms with Gasteiger partial charge in [0.15, 0.2) is 0 Å². The van der Waals surface area contributed by atoms with Crippen LogP contribution in [-0.4, -0.2) is 22.7 Å². The summed E-state index contributed by atoms with van der Waals surface area (Å²) in [6.07, 6.45) is 11.0. The summed E-state index contributed by atoms with van der Waals surface area (Å²) in [7, 11) is 0. The number of aryl methyl sites for hydroxylation is 1. The van der Waals surface area contributed by atoms with Crippen LogP contribution in [-0.2, 0) is 6.42 Å². The minimum atomic E-state index is 0.359. The predicted molar refractivity (Wildman–Crippen MR) is 93.7 cm³/mol. The summed E-state index contributed by atoms with van der Waals surface area (Å²) in [4.78, 5) is 4.16. The second-order valence-corrected chi connectivity index (χ2v) is 6.56. The van der Waals surface area contributed by atoms with Gasteiger partial charge in [-0.05, 0) is 80.3 Å². The molecule has 1 heterocycles. The van der Waals surface area contributed by atoms with Crippen LogP contribution in [0.15, 0.2) is 48.8 Å². The van der Waals surface area contributed by atoms with Gasteiger partial charge in [-0.15, -0.1) is 0 Å². The average Bonchev–Trinajstić information content (AvgIpc) is 2.61. The van der Waals surface area contributed by atoms with Gasteiger partial charge in [-0.1, -0.05) is 18.2 Å². The van der Waals surface area contributed by atoms with Crippen molar-refractivity contribution in [2.75, 3.05) is 6.54 Å². The highest BCUT2D eigenvalue weighted by Crippen LogP contribution is 2.33. The molecule has 1 aromatic carbocycles. The Morgan fingerprint density at radius 3 is 2.52 bits per heavy atom. The van der Waals surface area contributed by atoms with Gasteiger partial charge in [0.25, 0.3) is 0 Å². The first-order valence-electron chi connectivity index (χ1n) is 8.72. The van der Waals surface area contributed by atoms with Crippen molar-refractivity contribution in [2.45, 2.75) is 50.5 Å². The molecule has 2 N–H and O–H groups in total. The normalized spacial score (nSPS) is 21.2. The maximum atomic E-state index is 9.39. The van der Waals surface area contributed by atoms with Crippen molar-refractivity contribution in [1.29, 1.82) is 0 Å². The molecule has 0 spiro atoms. The molecular formula is C20H26N2O. The van der Waals surface area contributed by atoms with Gasteiger partial charge in [0, 0.05) is 18.4 Å². The first kappa shape index (κ1) is 16.0. The average molecular weight is 310 g/mol. The molecule has 1 aromatic heterocycles. The molecule has 23 heavy (non-hydrogen) atoms. The second kappa shape index (κ2) is 8.11. The van der Waals surface area contributed by atoms with Crippen molar-refractivity contribution < 1.29 is 5.11 Å². The summed E-state index contributed by atoms with van der Waals surface area (Å²) >= 11 is 0. The van der Waals surface area contributed by atoms with E-state index >= 15 is 0 Å². The molecule has 2 aromatic rings. The molecule has 0 bridgehead atoms. The van der Waals surface area contributed by atoms with Crippen LogP contribution < -0.4 is 5.32 Å². The summed E-state index contributed by atoms with van der Waals surface area (Å²) in [6.45, 7) is 1.09. The van der Waals surface area contributed by atoms with Crippen molar-refractivity contribution in [3.63, 3.8) is 0 Å². The number of pyridine rings is 1. The largest absolute Gasteiger partial charge is 0.508 e. The smallest absolute Gasteiger partial charge is 0.115 e. The van der Waals surface area contributed by atoms with E-state index in [-0.39, 0.29) is 0 Å². The fraction of sp³-hybridized carbons (Fsp3) is 0.450. The number of nitrogens with zero attached hydrogens (tertiary/aromatic N) is 1. The highest BCUT2D eigenvalue weighted by atomic mass is 16.3. The molecule has 3 rings (SSSR count). The summed E-state index contributed by atoms with van der Waals surface area (Å²) in [6, 6.07) is 12.6. The number of phenolic OH excluding ortho intramolecular Hbond substituents is 1. The van der Waals surface area contributed by atoms with E-state index in [4.69, 9.17) is 0 Å². The van der Waals surface area contributed by atoms with Crippen molar-refractivity contribution in [3.8, 4) is 5.75 Å². The number of hydrogen-bond acceptors (Lipinski definition) is 3. The van der Waals surface area contributed by atoms with E-state index in [1.807, 2.05) is 18.5 Å². The maximum absolute atomic E-state index is 9.39. The standard InChI is InChI=1S/C20H26N2O/c23-20-11-7-18(8-12-20)17-5-9-19(10-6-17)22-14-2-4-16-3-1-13-21-15-16/h1,3,7-8,11-13,15,17,19,22-23H,2,4-6,9-10,14H2/t17-,19+. The first-order valence-corrected chi connectivity index (χ1v) is 8.72. The van der Waals surface area contributed by atoms with Crippen LogP contribution >= 0.6 is 0 Å². The van der Waals surface area contributed by atoms with Crippen molar-refractivity contribution >= 4 is 0 Å². The topological polar surface area (TPSA) is 45.1 Å². The van der Waals surface area contributed by atoms with E-state index in [2.05, 4.69) is 28.5 Å². The summed E-state index contributed by atoms with van der Waals surface area (Å²) in [5.41, 5.74) is 2.70. The van der Waals surface area contributed by atoms with E-state index in [0.717, 1.165) is 13.0 Å². The van der Waals surface area contributed by atoms with Crippen LogP contribution in [0.5, 0.6) is 5.75 Å². The Morgan fingerprint density at radius 2 is 1.83 bits per heavy atom. The zero-order valence-electron chi connectivity index (χ0n) is 13.6. The molecule has 0 saturated heterocycles. The number of hydrogen-bond donors (Lipinski definition) is 2. The van der Waals surface area contributed by atoms with Gasteiger partial charge in [0.2, 0.25) is 0 Å². The van der Waals surface area contributed by atoms with Crippen LogP contribution in [0.2, 0.25) is 0 Å². The Hall–Kier alpha value is -1.87. The van der Waals surface area contributed by atoms with E-state index < -0.39 is 0 Å². The fourth-order valence-corrected chi connectivity index (χ4v) is 3.52. The predicted octanol–water partition coefficient (Wildman–Crippen LogP) is 4.04. The lowest BCUT2D eigenvalue weighted by Crippen LogP contribution is -2.33. The molecule has 3 heteroatoms. The molecule has 1 aliphatic carbocycles. The van der Waals surface area contributed by atoms with Crippen molar-refractivity contribution in [1.82, 2.24) is 10.3 Å². The zero-order chi connectivity index (χ0) is 15.9. The molecule has 0 atom stereocenters. The Labute approximate surface area is 138 Å². The molecule has 1 aliphatic rings. The number of benzene rings is 1. The lowest BCUT2D eigenvalue weighted by atomic mass is 9.81. The third-order valence-corrected chi connectivity index (χ3v) is 4.89. The summed E-state index contributed by atoms with van der Waals surface area (Å²) in [5.74, 6) is 1.02. The van der Waals surface area contributed by atoms with Gasteiger partial charge >= 0.3 is 0 Å². The van der Waals surface area contributed by atoms with Crippen LogP contribution in [0.25, 0.3) is 0 Å². The molecule has 0 aliphatic heterocycles. The van der Waals surface area contributed by atoms with E-state index in [1.165, 1.54) is 43.2 Å². The lowest BCUT2D eigenvalue weighted by Gasteiger charge is -2.29. The molecular weight excluding hydrogens is 284 g/mol. The number of aromatic hydroxyl groups is 1. The Bertz CT molecular complexity index is 574. The third-order valence-electron chi connectivity index (χ3n) is 4.89. The zero-order valence-corrected chi connectivity index (χ0v) is 13.6. The Kier molecular flexibility index (Phi) is 5.65. The monoisotopic (exact) mass is 310 g/mol. The van der Waals surface area contributed by atoms with Crippen molar-refractivity contribution in [3.05, 3.63) is 59.9 Å². The van der Waals surface area contributed by atoms with Crippen LogP contribution in [0.1, 0.15) is 49.1 Å². The molecule has 0 amide bonds. The summed E-state index contributed by atoms with van der Waals surface area (Å²) < 4.78 is 0. The Morgan fingerprint density at radius 1 is 1.04 bits per heavy atom. The van der Waals surface area contributed by atoms with Crippen molar-refractivity contribution in [2.24, 2.45) is 0 Å². The molecule has 3 nitrogen and oxygen atoms in total. The highest BCUT2D eigenvalue weighted by Gasteiger charge is 2.21. The van der Waals surface area contributed by atoms with E-state index in [1.54, 1.807) is 12.1 Å². The third kappa shape index (κ3) is 4.80. The number of nitrogens with one attached hydrogen (secondary N) is 1. The maximum Gasteiger partial charge on any atom is 0.115 e. The molecule has 0 radical (unpaired) electrons. The van der Waals surface area contributed by atoms with E-state index in [9.17, 15) is 5.11 Å².